The van der Waals surface area contributed by atoms with Crippen molar-refractivity contribution in [2.24, 2.45) is 0 Å². The number of halogens is 1. The molecule has 4 nitrogen and oxygen atoms in total. The van der Waals surface area contributed by atoms with Crippen molar-refractivity contribution < 1.29 is 14.0 Å². The molecule has 1 saturated heterocycles. The first-order chi connectivity index (χ1) is 10.6. The number of carbonyl (C=O) groups excluding carboxylic acids is 2. The Hall–Kier alpha value is -2.60. The van der Waals surface area contributed by atoms with Crippen molar-refractivity contribution >= 4 is 40.5 Å². The molecule has 0 radical (unpaired) electrons. The summed E-state index contributed by atoms with van der Waals surface area (Å²) in [6, 6.07) is 14.3. The van der Waals surface area contributed by atoms with E-state index in [0.29, 0.717) is 11.4 Å². The summed E-state index contributed by atoms with van der Waals surface area (Å²) in [7, 11) is 0. The maximum atomic E-state index is 13.1. The minimum Gasteiger partial charge on any atom is -0.273 e. The second kappa shape index (κ2) is 5.65. The van der Waals surface area contributed by atoms with E-state index >= 15 is 0 Å². The molecule has 2 amide bonds. The SMILES string of the molecule is O=C1CC(=O)N(c2ccc(F)cc2)C(=S)N1c1ccccc1. The number of carbonyl (C=O) groups is 2. The van der Waals surface area contributed by atoms with Crippen LogP contribution in [0.4, 0.5) is 15.8 Å². The van der Waals surface area contributed by atoms with Crippen LogP contribution in [0.5, 0.6) is 0 Å². The van der Waals surface area contributed by atoms with E-state index in [1.54, 1.807) is 24.3 Å². The number of hydrogen-bond donors (Lipinski definition) is 0. The molecular formula is C16H11FN2O2S. The average molecular weight is 314 g/mol. The lowest BCUT2D eigenvalue weighted by atomic mass is 10.2. The van der Waals surface area contributed by atoms with E-state index in [4.69, 9.17) is 12.2 Å². The Morgan fingerprint density at radius 3 is 1.86 bits per heavy atom. The zero-order chi connectivity index (χ0) is 15.7. The van der Waals surface area contributed by atoms with E-state index in [-0.39, 0.29) is 17.4 Å². The van der Waals surface area contributed by atoms with E-state index in [9.17, 15) is 14.0 Å². The van der Waals surface area contributed by atoms with Crippen molar-refractivity contribution in [3.8, 4) is 0 Å². The normalized spacial score (nSPS) is 15.4. The molecule has 2 aromatic rings. The van der Waals surface area contributed by atoms with Crippen molar-refractivity contribution in [3.05, 3.63) is 60.4 Å². The minimum atomic E-state index is -0.422. The molecule has 1 aliphatic heterocycles. The Balaban J connectivity index is 2.01. The van der Waals surface area contributed by atoms with Gasteiger partial charge in [0.15, 0.2) is 5.11 Å². The van der Waals surface area contributed by atoms with Crippen molar-refractivity contribution in [2.75, 3.05) is 9.80 Å². The molecule has 0 bridgehead atoms. The molecule has 1 fully saturated rings. The molecule has 1 aliphatic rings. The van der Waals surface area contributed by atoms with E-state index in [1.165, 1.54) is 34.1 Å². The molecular weight excluding hydrogens is 303 g/mol. The highest BCUT2D eigenvalue weighted by molar-refractivity contribution is 7.81. The number of nitrogens with zero attached hydrogens (tertiary/aromatic N) is 2. The van der Waals surface area contributed by atoms with E-state index < -0.39 is 11.7 Å². The van der Waals surface area contributed by atoms with Crippen LogP contribution in [0.15, 0.2) is 54.6 Å². The number of amides is 2. The molecule has 3 rings (SSSR count). The molecule has 0 N–H and O–H groups in total. The van der Waals surface area contributed by atoms with Gasteiger partial charge < -0.3 is 0 Å². The zero-order valence-electron chi connectivity index (χ0n) is 11.4. The minimum absolute atomic E-state index is 0.0686. The highest BCUT2D eigenvalue weighted by Crippen LogP contribution is 2.26. The van der Waals surface area contributed by atoms with Crippen LogP contribution >= 0.6 is 12.2 Å². The topological polar surface area (TPSA) is 40.6 Å². The first kappa shape index (κ1) is 14.3. The third-order valence-electron chi connectivity index (χ3n) is 3.28. The number of rotatable bonds is 2. The summed E-state index contributed by atoms with van der Waals surface area (Å²) < 4.78 is 13.1. The van der Waals surface area contributed by atoms with Gasteiger partial charge in [-0.1, -0.05) is 18.2 Å². The highest BCUT2D eigenvalue weighted by Gasteiger charge is 2.36. The molecule has 0 atom stereocenters. The molecule has 0 aliphatic carbocycles. The lowest BCUT2D eigenvalue weighted by molar-refractivity contribution is -0.126. The quantitative estimate of drug-likeness (QED) is 0.632. The number of thiocarbonyl (C=S) groups is 1. The van der Waals surface area contributed by atoms with Crippen molar-refractivity contribution in [2.45, 2.75) is 6.42 Å². The summed E-state index contributed by atoms with van der Waals surface area (Å²) in [5.41, 5.74) is 1.03. The molecule has 0 aromatic heterocycles. The van der Waals surface area contributed by atoms with Gasteiger partial charge in [-0.15, -0.1) is 0 Å². The van der Waals surface area contributed by atoms with Gasteiger partial charge >= 0.3 is 0 Å². The van der Waals surface area contributed by atoms with Crippen molar-refractivity contribution in [1.82, 2.24) is 0 Å². The Labute approximate surface area is 131 Å². The zero-order valence-corrected chi connectivity index (χ0v) is 12.2. The van der Waals surface area contributed by atoms with Crippen LogP contribution in [0, 0.1) is 5.82 Å². The van der Waals surface area contributed by atoms with Crippen LogP contribution in [0.3, 0.4) is 0 Å². The fourth-order valence-corrected chi connectivity index (χ4v) is 2.69. The second-order valence-electron chi connectivity index (χ2n) is 4.73. The van der Waals surface area contributed by atoms with Gasteiger partial charge in [0.1, 0.15) is 12.2 Å². The second-order valence-corrected chi connectivity index (χ2v) is 5.09. The Morgan fingerprint density at radius 1 is 0.818 bits per heavy atom. The Kier molecular flexibility index (Phi) is 3.68. The van der Waals surface area contributed by atoms with Crippen LogP contribution in [-0.4, -0.2) is 16.9 Å². The van der Waals surface area contributed by atoms with Crippen LogP contribution in [0.1, 0.15) is 6.42 Å². The maximum absolute atomic E-state index is 13.1. The number of hydrogen-bond acceptors (Lipinski definition) is 3. The van der Waals surface area contributed by atoms with Gasteiger partial charge in [-0.2, -0.15) is 0 Å². The van der Waals surface area contributed by atoms with Crippen LogP contribution < -0.4 is 9.80 Å². The first-order valence-electron chi connectivity index (χ1n) is 6.58. The third kappa shape index (κ3) is 2.48. The van der Waals surface area contributed by atoms with Gasteiger partial charge in [0, 0.05) is 0 Å². The van der Waals surface area contributed by atoms with Gasteiger partial charge in [0.25, 0.3) is 0 Å². The highest BCUT2D eigenvalue weighted by atomic mass is 32.1. The Morgan fingerprint density at radius 2 is 1.32 bits per heavy atom. The van der Waals surface area contributed by atoms with E-state index in [1.807, 2.05) is 6.07 Å². The maximum Gasteiger partial charge on any atom is 0.242 e. The molecule has 110 valence electrons. The molecule has 6 heteroatoms. The lowest BCUT2D eigenvalue weighted by Gasteiger charge is -2.35. The molecule has 0 unspecified atom stereocenters. The number of benzene rings is 2. The molecule has 0 spiro atoms. The fourth-order valence-electron chi connectivity index (χ4n) is 2.28. The summed E-state index contributed by atoms with van der Waals surface area (Å²) >= 11 is 5.32. The van der Waals surface area contributed by atoms with Crippen molar-refractivity contribution in [3.63, 3.8) is 0 Å². The van der Waals surface area contributed by atoms with Crippen molar-refractivity contribution in [1.29, 1.82) is 0 Å². The van der Waals surface area contributed by atoms with Crippen LogP contribution in [-0.2, 0) is 9.59 Å². The smallest absolute Gasteiger partial charge is 0.242 e. The lowest BCUT2D eigenvalue weighted by Crippen LogP contribution is -2.55. The van der Waals surface area contributed by atoms with Gasteiger partial charge in [0.05, 0.1) is 11.4 Å². The summed E-state index contributed by atoms with van der Waals surface area (Å²) in [5.74, 6) is -1.21. The summed E-state index contributed by atoms with van der Waals surface area (Å²) in [4.78, 5) is 26.9. The monoisotopic (exact) mass is 314 g/mol. The van der Waals surface area contributed by atoms with Gasteiger partial charge in [-0.25, -0.2) is 4.39 Å². The largest absolute Gasteiger partial charge is 0.273 e. The predicted octanol–water partition coefficient (Wildman–Crippen LogP) is 2.88. The predicted molar refractivity (Wildman–Crippen MR) is 85.0 cm³/mol. The summed E-state index contributed by atoms with van der Waals surface area (Å²) in [5, 5.41) is 0.0686. The number of anilines is 2. The summed E-state index contributed by atoms with van der Waals surface area (Å²) in [6.45, 7) is 0. The van der Waals surface area contributed by atoms with Gasteiger partial charge in [-0.05, 0) is 48.6 Å². The Bertz CT molecular complexity index is 747. The van der Waals surface area contributed by atoms with E-state index in [0.717, 1.165) is 0 Å². The number of para-hydroxylation sites is 1. The summed E-state index contributed by atoms with van der Waals surface area (Å²) in [6.07, 6.45) is -0.285. The van der Waals surface area contributed by atoms with E-state index in [2.05, 4.69) is 0 Å². The van der Waals surface area contributed by atoms with Gasteiger partial charge in [-0.3, -0.25) is 19.4 Å². The average Bonchev–Trinajstić information content (AvgIpc) is 2.50. The van der Waals surface area contributed by atoms with Crippen LogP contribution in [0.2, 0.25) is 0 Å². The van der Waals surface area contributed by atoms with Gasteiger partial charge in [0.2, 0.25) is 11.8 Å². The fraction of sp³-hybridized carbons (Fsp3) is 0.0625. The first-order valence-corrected chi connectivity index (χ1v) is 6.99. The third-order valence-corrected chi connectivity index (χ3v) is 3.65. The standard InChI is InChI=1S/C16H11FN2O2S/c17-11-6-8-13(9-7-11)19-15(21)10-14(20)18(16(19)22)12-4-2-1-3-5-12/h1-9H,10H2. The molecule has 22 heavy (non-hydrogen) atoms. The molecule has 1 heterocycles. The molecule has 0 saturated carbocycles. The van der Waals surface area contributed by atoms with Crippen LogP contribution in [0.25, 0.3) is 0 Å². The molecule has 2 aromatic carbocycles.